The summed E-state index contributed by atoms with van der Waals surface area (Å²) in [5.41, 5.74) is 0.361. The number of ether oxygens (including phenoxy) is 1. The van der Waals surface area contributed by atoms with Gasteiger partial charge in [-0.05, 0) is 37.9 Å². The van der Waals surface area contributed by atoms with Crippen molar-refractivity contribution in [3.63, 3.8) is 0 Å². The highest BCUT2D eigenvalue weighted by Crippen LogP contribution is 2.22. The number of rotatable bonds is 7. The molecule has 2 rings (SSSR count). The molecule has 1 heterocycles. The Labute approximate surface area is 137 Å². The molecule has 6 nitrogen and oxygen atoms in total. The first-order valence-electron chi connectivity index (χ1n) is 8.01. The molecule has 2 amide bonds. The van der Waals surface area contributed by atoms with Crippen LogP contribution in [0.25, 0.3) is 0 Å². The van der Waals surface area contributed by atoms with Crippen molar-refractivity contribution in [2.24, 2.45) is 0 Å². The summed E-state index contributed by atoms with van der Waals surface area (Å²) in [6, 6.07) is 9.95. The SMILES string of the molecule is COC1(C(=O)NCC(=O)NCCc2ccccc2)CCNCC1. The predicted octanol–water partition coefficient (Wildman–Crippen LogP) is 0.230. The fourth-order valence-electron chi connectivity index (χ4n) is 2.73. The topological polar surface area (TPSA) is 79.5 Å². The smallest absolute Gasteiger partial charge is 0.252 e. The van der Waals surface area contributed by atoms with Crippen molar-refractivity contribution in [2.45, 2.75) is 24.9 Å². The van der Waals surface area contributed by atoms with Gasteiger partial charge in [0.2, 0.25) is 5.91 Å². The summed E-state index contributed by atoms with van der Waals surface area (Å²) in [4.78, 5) is 24.1. The Hall–Kier alpha value is -1.92. The van der Waals surface area contributed by atoms with Crippen LogP contribution in [0.2, 0.25) is 0 Å². The first-order valence-corrected chi connectivity index (χ1v) is 8.01. The van der Waals surface area contributed by atoms with E-state index in [1.807, 2.05) is 30.3 Å². The van der Waals surface area contributed by atoms with Crippen LogP contribution in [-0.4, -0.2) is 50.7 Å². The standard InChI is InChI=1S/C17H25N3O3/c1-23-17(8-11-18-12-9-17)16(22)20-13-15(21)19-10-7-14-5-3-2-4-6-14/h2-6,18H,7-13H2,1H3,(H,19,21)(H,20,22). The van der Waals surface area contributed by atoms with Gasteiger partial charge < -0.3 is 20.7 Å². The number of hydrogen-bond donors (Lipinski definition) is 3. The molecule has 0 bridgehead atoms. The predicted molar refractivity (Wildman–Crippen MR) is 88.0 cm³/mol. The van der Waals surface area contributed by atoms with E-state index in [1.165, 1.54) is 5.56 Å². The van der Waals surface area contributed by atoms with Crippen molar-refractivity contribution < 1.29 is 14.3 Å². The maximum atomic E-state index is 12.3. The van der Waals surface area contributed by atoms with Gasteiger partial charge in [-0.1, -0.05) is 30.3 Å². The van der Waals surface area contributed by atoms with E-state index in [0.29, 0.717) is 19.4 Å². The number of nitrogens with one attached hydrogen (secondary N) is 3. The third-order valence-electron chi connectivity index (χ3n) is 4.20. The third kappa shape index (κ3) is 5.04. The lowest BCUT2D eigenvalue weighted by atomic mass is 9.91. The average Bonchev–Trinajstić information content (AvgIpc) is 2.61. The van der Waals surface area contributed by atoms with E-state index >= 15 is 0 Å². The van der Waals surface area contributed by atoms with Crippen molar-refractivity contribution in [2.75, 3.05) is 33.3 Å². The quantitative estimate of drug-likeness (QED) is 0.672. The molecular formula is C17H25N3O3. The van der Waals surface area contributed by atoms with Gasteiger partial charge in [-0.25, -0.2) is 0 Å². The van der Waals surface area contributed by atoms with Gasteiger partial charge in [-0.3, -0.25) is 9.59 Å². The van der Waals surface area contributed by atoms with E-state index in [-0.39, 0.29) is 18.4 Å². The van der Waals surface area contributed by atoms with Crippen molar-refractivity contribution in [1.82, 2.24) is 16.0 Å². The van der Waals surface area contributed by atoms with Crippen molar-refractivity contribution in [3.05, 3.63) is 35.9 Å². The molecule has 0 radical (unpaired) electrons. The van der Waals surface area contributed by atoms with E-state index in [4.69, 9.17) is 4.74 Å². The molecular weight excluding hydrogens is 294 g/mol. The first-order chi connectivity index (χ1) is 11.2. The largest absolute Gasteiger partial charge is 0.368 e. The van der Waals surface area contributed by atoms with Crippen molar-refractivity contribution in [3.8, 4) is 0 Å². The molecule has 1 aliphatic rings. The Morgan fingerprint density at radius 1 is 1.17 bits per heavy atom. The van der Waals surface area contributed by atoms with Gasteiger partial charge in [0, 0.05) is 13.7 Å². The van der Waals surface area contributed by atoms with Crippen molar-refractivity contribution in [1.29, 1.82) is 0 Å². The summed E-state index contributed by atoms with van der Waals surface area (Å²) in [6.07, 6.45) is 2.00. The summed E-state index contributed by atoms with van der Waals surface area (Å²) in [5, 5.41) is 8.70. The minimum absolute atomic E-state index is 0.0217. The number of carbonyl (C=O) groups is 2. The summed E-state index contributed by atoms with van der Waals surface area (Å²) < 4.78 is 5.43. The summed E-state index contributed by atoms with van der Waals surface area (Å²) in [7, 11) is 1.55. The van der Waals surface area contributed by atoms with Crippen LogP contribution in [-0.2, 0) is 20.7 Å². The van der Waals surface area contributed by atoms with Gasteiger partial charge in [0.25, 0.3) is 5.91 Å². The molecule has 0 spiro atoms. The van der Waals surface area contributed by atoms with Gasteiger partial charge in [0.15, 0.2) is 0 Å². The molecule has 3 N–H and O–H groups in total. The molecule has 0 aromatic heterocycles. The Morgan fingerprint density at radius 2 is 1.87 bits per heavy atom. The number of amides is 2. The molecule has 0 unspecified atom stereocenters. The molecule has 0 aliphatic carbocycles. The van der Waals surface area contributed by atoms with Crippen LogP contribution >= 0.6 is 0 Å². The lowest BCUT2D eigenvalue weighted by Crippen LogP contribution is -2.55. The highest BCUT2D eigenvalue weighted by atomic mass is 16.5. The van der Waals surface area contributed by atoms with Gasteiger partial charge in [-0.2, -0.15) is 0 Å². The molecule has 6 heteroatoms. The molecule has 0 atom stereocenters. The number of carbonyl (C=O) groups excluding carboxylic acids is 2. The van der Waals surface area contributed by atoms with Gasteiger partial charge >= 0.3 is 0 Å². The maximum Gasteiger partial charge on any atom is 0.252 e. The number of methoxy groups -OCH3 is 1. The second-order valence-electron chi connectivity index (χ2n) is 5.72. The van der Waals surface area contributed by atoms with Gasteiger partial charge in [0.05, 0.1) is 6.54 Å². The zero-order valence-corrected chi connectivity index (χ0v) is 13.6. The van der Waals surface area contributed by atoms with Crippen LogP contribution < -0.4 is 16.0 Å². The number of piperidine rings is 1. The summed E-state index contributed by atoms with van der Waals surface area (Å²) >= 11 is 0. The van der Waals surface area contributed by atoms with E-state index < -0.39 is 5.60 Å². The van der Waals surface area contributed by atoms with E-state index in [9.17, 15) is 9.59 Å². The minimum Gasteiger partial charge on any atom is -0.368 e. The Bertz CT molecular complexity index is 513. The van der Waals surface area contributed by atoms with Crippen LogP contribution in [0, 0.1) is 0 Å². The molecule has 1 saturated heterocycles. The van der Waals surface area contributed by atoms with E-state index in [0.717, 1.165) is 19.5 Å². The third-order valence-corrected chi connectivity index (χ3v) is 4.20. The van der Waals surface area contributed by atoms with E-state index in [2.05, 4.69) is 16.0 Å². The molecule has 1 aromatic rings. The minimum atomic E-state index is -0.810. The molecule has 1 aliphatic heterocycles. The molecule has 1 aromatic carbocycles. The van der Waals surface area contributed by atoms with Crippen molar-refractivity contribution >= 4 is 11.8 Å². The zero-order valence-electron chi connectivity index (χ0n) is 13.6. The van der Waals surface area contributed by atoms with Crippen LogP contribution in [0.15, 0.2) is 30.3 Å². The van der Waals surface area contributed by atoms with E-state index in [1.54, 1.807) is 7.11 Å². The fraction of sp³-hybridized carbons (Fsp3) is 0.529. The molecule has 0 saturated carbocycles. The maximum absolute atomic E-state index is 12.3. The van der Waals surface area contributed by atoms with Crippen LogP contribution in [0.3, 0.4) is 0 Å². The molecule has 126 valence electrons. The van der Waals surface area contributed by atoms with Crippen LogP contribution in [0.4, 0.5) is 0 Å². The highest BCUT2D eigenvalue weighted by Gasteiger charge is 2.39. The van der Waals surface area contributed by atoms with Gasteiger partial charge in [0.1, 0.15) is 5.60 Å². The Morgan fingerprint density at radius 3 is 2.52 bits per heavy atom. The average molecular weight is 319 g/mol. The molecule has 23 heavy (non-hydrogen) atoms. The Balaban J connectivity index is 1.70. The van der Waals surface area contributed by atoms with Crippen LogP contribution in [0.5, 0.6) is 0 Å². The molecule has 1 fully saturated rings. The fourth-order valence-corrected chi connectivity index (χ4v) is 2.73. The number of benzene rings is 1. The summed E-state index contributed by atoms with van der Waals surface area (Å²) in [5.74, 6) is -0.394. The normalized spacial score (nSPS) is 16.6. The summed E-state index contributed by atoms with van der Waals surface area (Å²) in [6.45, 7) is 2.01. The Kier molecular flexibility index (Phi) is 6.55. The lowest BCUT2D eigenvalue weighted by Gasteiger charge is -2.34. The van der Waals surface area contributed by atoms with Gasteiger partial charge in [-0.15, -0.1) is 0 Å². The first kappa shape index (κ1) is 17.4. The second kappa shape index (κ2) is 8.64. The highest BCUT2D eigenvalue weighted by molar-refractivity contribution is 5.89. The monoisotopic (exact) mass is 319 g/mol. The zero-order chi connectivity index (χ0) is 16.5. The second-order valence-corrected chi connectivity index (χ2v) is 5.72. The van der Waals surface area contributed by atoms with Crippen LogP contribution in [0.1, 0.15) is 18.4 Å². The number of hydrogen-bond acceptors (Lipinski definition) is 4. The lowest BCUT2D eigenvalue weighted by molar-refractivity contribution is -0.147.